The maximum absolute atomic E-state index is 12.5. The van der Waals surface area contributed by atoms with Gasteiger partial charge in [-0.1, -0.05) is 42.1 Å². The summed E-state index contributed by atoms with van der Waals surface area (Å²) in [6.45, 7) is 1.54. The van der Waals surface area contributed by atoms with Crippen molar-refractivity contribution in [2.45, 2.75) is 24.0 Å². The number of aromatic nitrogens is 2. The van der Waals surface area contributed by atoms with Gasteiger partial charge in [-0.25, -0.2) is 4.98 Å². The number of nitrogens with zero attached hydrogens (tertiary/aromatic N) is 2. The van der Waals surface area contributed by atoms with E-state index in [1.54, 1.807) is 6.20 Å². The number of imidazole rings is 1. The first-order valence-electron chi connectivity index (χ1n) is 8.26. The van der Waals surface area contributed by atoms with Crippen molar-refractivity contribution >= 4 is 17.7 Å². The molecule has 0 spiro atoms. The van der Waals surface area contributed by atoms with Crippen LogP contribution < -0.4 is 5.32 Å². The van der Waals surface area contributed by atoms with E-state index in [4.69, 9.17) is 4.74 Å². The van der Waals surface area contributed by atoms with E-state index >= 15 is 0 Å². The highest BCUT2D eigenvalue weighted by molar-refractivity contribution is 7.99. The van der Waals surface area contributed by atoms with Crippen molar-refractivity contribution in [2.24, 2.45) is 13.0 Å². The van der Waals surface area contributed by atoms with Crippen molar-refractivity contribution in [3.05, 3.63) is 48.3 Å². The maximum Gasteiger partial charge on any atom is 0.230 e. The van der Waals surface area contributed by atoms with Gasteiger partial charge in [-0.05, 0) is 24.3 Å². The van der Waals surface area contributed by atoms with Gasteiger partial charge in [0, 0.05) is 32.7 Å². The SMILES string of the molecule is Cn1ccnc1SCC(=O)NC(c1ccccc1)C1CCOCC1. The number of aryl methyl sites for hydroxylation is 1. The van der Waals surface area contributed by atoms with Crippen molar-refractivity contribution < 1.29 is 9.53 Å². The number of amides is 1. The summed E-state index contributed by atoms with van der Waals surface area (Å²) < 4.78 is 7.39. The molecule has 24 heavy (non-hydrogen) atoms. The smallest absolute Gasteiger partial charge is 0.230 e. The normalized spacial score (nSPS) is 16.7. The molecule has 1 fully saturated rings. The fourth-order valence-corrected chi connectivity index (χ4v) is 3.76. The summed E-state index contributed by atoms with van der Waals surface area (Å²) in [7, 11) is 1.93. The molecule has 1 N–H and O–H groups in total. The van der Waals surface area contributed by atoms with Gasteiger partial charge in [-0.15, -0.1) is 0 Å². The lowest BCUT2D eigenvalue weighted by atomic mass is 9.87. The average molecular weight is 345 g/mol. The third-order valence-electron chi connectivity index (χ3n) is 4.32. The second-order valence-electron chi connectivity index (χ2n) is 6.02. The summed E-state index contributed by atoms with van der Waals surface area (Å²) in [6.07, 6.45) is 5.59. The quantitative estimate of drug-likeness (QED) is 0.818. The van der Waals surface area contributed by atoms with Crippen LogP contribution in [0, 0.1) is 5.92 Å². The molecule has 5 nitrogen and oxygen atoms in total. The van der Waals surface area contributed by atoms with Crippen LogP contribution in [0.1, 0.15) is 24.4 Å². The van der Waals surface area contributed by atoms with Gasteiger partial charge >= 0.3 is 0 Å². The van der Waals surface area contributed by atoms with Gasteiger partial charge in [0.05, 0.1) is 11.8 Å². The van der Waals surface area contributed by atoms with E-state index in [1.807, 2.05) is 36.0 Å². The predicted octanol–water partition coefficient (Wildman–Crippen LogP) is 2.80. The monoisotopic (exact) mass is 345 g/mol. The van der Waals surface area contributed by atoms with Gasteiger partial charge in [-0.3, -0.25) is 4.79 Å². The lowest BCUT2D eigenvalue weighted by Crippen LogP contribution is -2.36. The molecule has 1 saturated heterocycles. The Morgan fingerprint density at radius 3 is 2.79 bits per heavy atom. The second kappa shape index (κ2) is 8.35. The van der Waals surface area contributed by atoms with Crippen LogP contribution >= 0.6 is 11.8 Å². The van der Waals surface area contributed by atoms with Gasteiger partial charge in [0.1, 0.15) is 0 Å². The zero-order chi connectivity index (χ0) is 16.8. The Bertz CT molecular complexity index is 653. The van der Waals surface area contributed by atoms with E-state index in [1.165, 1.54) is 17.3 Å². The highest BCUT2D eigenvalue weighted by Gasteiger charge is 2.26. The predicted molar refractivity (Wildman–Crippen MR) is 94.8 cm³/mol. The van der Waals surface area contributed by atoms with Crippen LogP contribution in [-0.2, 0) is 16.6 Å². The third kappa shape index (κ3) is 4.39. The van der Waals surface area contributed by atoms with Gasteiger partial charge in [-0.2, -0.15) is 0 Å². The number of benzene rings is 1. The number of thioether (sulfide) groups is 1. The Balaban J connectivity index is 1.64. The van der Waals surface area contributed by atoms with Gasteiger partial charge < -0.3 is 14.6 Å². The molecular weight excluding hydrogens is 322 g/mol. The fourth-order valence-electron chi connectivity index (χ4n) is 3.02. The van der Waals surface area contributed by atoms with Crippen molar-refractivity contribution in [1.29, 1.82) is 0 Å². The number of hydrogen-bond donors (Lipinski definition) is 1. The molecule has 3 rings (SSSR count). The molecule has 1 unspecified atom stereocenters. The van der Waals surface area contributed by atoms with Crippen LogP contribution in [0.2, 0.25) is 0 Å². The summed E-state index contributed by atoms with van der Waals surface area (Å²) >= 11 is 1.46. The van der Waals surface area contributed by atoms with E-state index in [9.17, 15) is 4.79 Å². The number of ether oxygens (including phenoxy) is 1. The van der Waals surface area contributed by atoms with E-state index < -0.39 is 0 Å². The maximum atomic E-state index is 12.5. The number of carbonyl (C=O) groups is 1. The third-order valence-corrected chi connectivity index (χ3v) is 5.38. The number of carbonyl (C=O) groups excluding carboxylic acids is 1. The first-order chi connectivity index (χ1) is 11.7. The molecule has 0 saturated carbocycles. The summed E-state index contributed by atoms with van der Waals surface area (Å²) in [5, 5.41) is 4.09. The molecule has 1 aliphatic rings. The summed E-state index contributed by atoms with van der Waals surface area (Å²) in [5.41, 5.74) is 1.17. The minimum atomic E-state index is 0.0448. The topological polar surface area (TPSA) is 56.2 Å². The molecule has 128 valence electrons. The molecule has 1 atom stereocenters. The van der Waals surface area contributed by atoms with Gasteiger partial charge in [0.15, 0.2) is 5.16 Å². The van der Waals surface area contributed by atoms with E-state index in [-0.39, 0.29) is 11.9 Å². The first-order valence-corrected chi connectivity index (χ1v) is 9.25. The van der Waals surface area contributed by atoms with Crippen molar-refractivity contribution in [1.82, 2.24) is 14.9 Å². The van der Waals surface area contributed by atoms with Crippen LogP contribution in [0.3, 0.4) is 0 Å². The number of hydrogen-bond acceptors (Lipinski definition) is 4. The molecule has 2 aromatic rings. The molecule has 2 heterocycles. The average Bonchev–Trinajstić information content (AvgIpc) is 3.04. The Morgan fingerprint density at radius 1 is 1.38 bits per heavy atom. The molecule has 0 radical (unpaired) electrons. The largest absolute Gasteiger partial charge is 0.381 e. The van der Waals surface area contributed by atoms with Gasteiger partial charge in [0.25, 0.3) is 0 Å². The zero-order valence-corrected chi connectivity index (χ0v) is 14.7. The molecule has 1 aromatic heterocycles. The lowest BCUT2D eigenvalue weighted by Gasteiger charge is -2.31. The van der Waals surface area contributed by atoms with Crippen LogP contribution in [-0.4, -0.2) is 34.4 Å². The molecule has 6 heteroatoms. The minimum Gasteiger partial charge on any atom is -0.381 e. The van der Waals surface area contributed by atoms with Crippen molar-refractivity contribution in [2.75, 3.05) is 19.0 Å². The Morgan fingerprint density at radius 2 is 2.12 bits per heavy atom. The second-order valence-corrected chi connectivity index (χ2v) is 6.96. The lowest BCUT2D eigenvalue weighted by molar-refractivity contribution is -0.120. The highest BCUT2D eigenvalue weighted by atomic mass is 32.2. The van der Waals surface area contributed by atoms with Crippen LogP contribution in [0.15, 0.2) is 47.9 Å². The molecule has 1 amide bonds. The van der Waals surface area contributed by atoms with Gasteiger partial charge in [0.2, 0.25) is 5.91 Å². The highest BCUT2D eigenvalue weighted by Crippen LogP contribution is 2.30. The van der Waals surface area contributed by atoms with Crippen LogP contribution in [0.4, 0.5) is 0 Å². The summed E-state index contributed by atoms with van der Waals surface area (Å²) in [4.78, 5) is 16.7. The standard InChI is InChI=1S/C18H23N3O2S/c1-21-10-9-19-18(21)24-13-16(22)20-17(14-5-3-2-4-6-14)15-7-11-23-12-8-15/h2-6,9-10,15,17H,7-8,11-13H2,1H3,(H,20,22). The number of rotatable bonds is 6. The zero-order valence-electron chi connectivity index (χ0n) is 13.9. The first kappa shape index (κ1) is 17.0. The van der Waals surface area contributed by atoms with Crippen LogP contribution in [0.25, 0.3) is 0 Å². The Kier molecular flexibility index (Phi) is 5.93. The molecular formula is C18H23N3O2S. The summed E-state index contributed by atoms with van der Waals surface area (Å²) in [5.74, 6) is 0.837. The van der Waals surface area contributed by atoms with E-state index in [2.05, 4.69) is 22.4 Å². The molecule has 0 bridgehead atoms. The molecule has 0 aliphatic carbocycles. The van der Waals surface area contributed by atoms with Crippen molar-refractivity contribution in [3.63, 3.8) is 0 Å². The van der Waals surface area contributed by atoms with E-state index in [0.29, 0.717) is 11.7 Å². The van der Waals surface area contributed by atoms with Crippen LogP contribution in [0.5, 0.6) is 0 Å². The molecule has 1 aromatic carbocycles. The fraction of sp³-hybridized carbons (Fsp3) is 0.444. The minimum absolute atomic E-state index is 0.0448. The van der Waals surface area contributed by atoms with E-state index in [0.717, 1.165) is 31.2 Å². The van der Waals surface area contributed by atoms with Crippen molar-refractivity contribution in [3.8, 4) is 0 Å². The number of nitrogens with one attached hydrogen (secondary N) is 1. The Labute approximate surface area is 146 Å². The summed E-state index contributed by atoms with van der Waals surface area (Å²) in [6, 6.07) is 10.3. The molecule has 1 aliphatic heterocycles. The Hall–Kier alpha value is -1.79.